The van der Waals surface area contributed by atoms with Crippen LogP contribution in [-0.4, -0.2) is 56.5 Å². The van der Waals surface area contributed by atoms with Gasteiger partial charge in [-0.3, -0.25) is 4.90 Å². The molecule has 1 atom stereocenters. The van der Waals surface area contributed by atoms with E-state index in [2.05, 4.69) is 10.1 Å². The predicted octanol–water partition coefficient (Wildman–Crippen LogP) is 3.38. The summed E-state index contributed by atoms with van der Waals surface area (Å²) in [5.41, 5.74) is 1.01. The van der Waals surface area contributed by atoms with Gasteiger partial charge in [0.25, 0.3) is 0 Å². The first-order valence-electron chi connectivity index (χ1n) is 11.2. The quantitative estimate of drug-likeness (QED) is 0.534. The van der Waals surface area contributed by atoms with Crippen LogP contribution in [0, 0.1) is 25.5 Å². The Labute approximate surface area is 197 Å². The van der Waals surface area contributed by atoms with Crippen LogP contribution in [0.5, 0.6) is 0 Å². The summed E-state index contributed by atoms with van der Waals surface area (Å²) in [5.74, 6) is -1.88. The molecule has 0 aliphatic carbocycles. The molecule has 2 aromatic carbocycles. The van der Waals surface area contributed by atoms with Gasteiger partial charge in [0.15, 0.2) is 0 Å². The third kappa shape index (κ3) is 5.48. The van der Waals surface area contributed by atoms with E-state index in [1.165, 1.54) is 23.4 Å². The van der Waals surface area contributed by atoms with E-state index in [0.717, 1.165) is 23.3 Å². The smallest absolute Gasteiger partial charge is 0.338 e. The number of piperidine rings is 1. The van der Waals surface area contributed by atoms with Crippen molar-refractivity contribution in [2.24, 2.45) is 0 Å². The van der Waals surface area contributed by atoms with Crippen LogP contribution in [0.3, 0.4) is 0 Å². The van der Waals surface area contributed by atoms with Gasteiger partial charge in [0.05, 0.1) is 12.1 Å². The molecular weight excluding hydrogens is 442 g/mol. The summed E-state index contributed by atoms with van der Waals surface area (Å²) in [5, 5.41) is 15.5. The normalized spacial score (nSPS) is 16.9. The number of ether oxygens (including phenoxy) is 1. The first-order chi connectivity index (χ1) is 16.2. The second kappa shape index (κ2) is 9.99. The van der Waals surface area contributed by atoms with Gasteiger partial charge in [-0.25, -0.2) is 23.2 Å². The van der Waals surface area contributed by atoms with Crippen molar-refractivity contribution in [2.75, 3.05) is 19.6 Å². The number of nitrogens with zero attached hydrogens (tertiary/aromatic N) is 4. The molecule has 1 aliphatic heterocycles. The van der Waals surface area contributed by atoms with E-state index in [1.807, 2.05) is 30.9 Å². The molecule has 1 saturated heterocycles. The minimum absolute atomic E-state index is 0.00677. The number of aryl methyl sites for hydroxylation is 2. The zero-order valence-corrected chi connectivity index (χ0v) is 19.2. The van der Waals surface area contributed by atoms with Gasteiger partial charge in [0, 0.05) is 31.3 Å². The molecule has 4 rings (SSSR count). The van der Waals surface area contributed by atoms with Gasteiger partial charge < -0.3 is 9.84 Å². The molecule has 1 aliphatic rings. The van der Waals surface area contributed by atoms with Gasteiger partial charge >= 0.3 is 5.97 Å². The standard InChI is InChI=1S/C25H28F2N4O3/c1-17-3-4-19(11-18(17)2)24(32)34-21-7-9-30(10-8-21)13-25(33,14-31-16-28-15-29-31)22-6-5-20(26)12-23(22)27/h3-6,11-12,15-16,21,33H,7-10,13-14H2,1-2H3. The topological polar surface area (TPSA) is 80.5 Å². The van der Waals surface area contributed by atoms with E-state index in [0.29, 0.717) is 31.5 Å². The Kier molecular flexibility index (Phi) is 7.04. The lowest BCUT2D eigenvalue weighted by atomic mass is 9.91. The van der Waals surface area contributed by atoms with Crippen LogP contribution in [0.25, 0.3) is 0 Å². The SMILES string of the molecule is Cc1ccc(C(=O)OC2CCN(CC(O)(Cn3cncn3)c3ccc(F)cc3F)CC2)cc1C. The first kappa shape index (κ1) is 24.0. The number of β-amino-alcohol motifs (C(OH)–C–C–N with tert-alkyl or cyclic N) is 1. The molecule has 180 valence electrons. The molecule has 0 radical (unpaired) electrons. The zero-order chi connectivity index (χ0) is 24.3. The van der Waals surface area contributed by atoms with Crippen molar-refractivity contribution in [3.05, 3.63) is 82.9 Å². The Morgan fingerprint density at radius 3 is 2.53 bits per heavy atom. The number of rotatable bonds is 7. The van der Waals surface area contributed by atoms with E-state index >= 15 is 0 Å². The Bertz CT molecular complexity index is 1150. The van der Waals surface area contributed by atoms with Crippen molar-refractivity contribution < 1.29 is 23.4 Å². The lowest BCUT2D eigenvalue weighted by molar-refractivity contribution is -0.0396. The molecule has 0 bridgehead atoms. The van der Waals surface area contributed by atoms with Crippen LogP contribution >= 0.6 is 0 Å². The minimum atomic E-state index is -1.66. The summed E-state index contributed by atoms with van der Waals surface area (Å²) in [6.45, 7) is 5.10. The van der Waals surface area contributed by atoms with E-state index in [1.54, 1.807) is 6.07 Å². The number of hydrogen-bond acceptors (Lipinski definition) is 6. The molecule has 1 aromatic heterocycles. The van der Waals surface area contributed by atoms with E-state index in [-0.39, 0.29) is 30.7 Å². The molecule has 2 heterocycles. The van der Waals surface area contributed by atoms with Crippen LogP contribution in [0.4, 0.5) is 8.78 Å². The molecule has 1 unspecified atom stereocenters. The molecule has 1 fully saturated rings. The van der Waals surface area contributed by atoms with Gasteiger partial charge in [-0.05, 0) is 56.0 Å². The molecule has 9 heteroatoms. The van der Waals surface area contributed by atoms with Gasteiger partial charge in [-0.15, -0.1) is 0 Å². The third-order valence-electron chi connectivity index (χ3n) is 6.36. The molecule has 0 spiro atoms. The molecular formula is C25H28F2N4O3. The Morgan fingerprint density at radius 1 is 1.12 bits per heavy atom. The number of aliphatic hydroxyl groups is 1. The Balaban J connectivity index is 1.41. The molecule has 7 nitrogen and oxygen atoms in total. The van der Waals surface area contributed by atoms with Gasteiger partial charge in [-0.1, -0.05) is 12.1 Å². The highest BCUT2D eigenvalue weighted by Crippen LogP contribution is 2.29. The second-order valence-electron chi connectivity index (χ2n) is 8.93. The summed E-state index contributed by atoms with van der Waals surface area (Å²) < 4.78 is 35.2. The predicted molar refractivity (Wildman–Crippen MR) is 121 cm³/mol. The fourth-order valence-corrected chi connectivity index (χ4v) is 4.31. The van der Waals surface area contributed by atoms with Crippen LogP contribution in [0.2, 0.25) is 0 Å². The Morgan fingerprint density at radius 2 is 1.88 bits per heavy atom. The maximum atomic E-state index is 14.6. The summed E-state index contributed by atoms with van der Waals surface area (Å²) in [4.78, 5) is 18.4. The number of halogens is 2. The second-order valence-corrected chi connectivity index (χ2v) is 8.93. The number of benzene rings is 2. The molecule has 3 aromatic rings. The van der Waals surface area contributed by atoms with Crippen molar-refractivity contribution in [1.82, 2.24) is 19.7 Å². The van der Waals surface area contributed by atoms with E-state index in [9.17, 15) is 18.7 Å². The van der Waals surface area contributed by atoms with Crippen LogP contribution in [0.15, 0.2) is 49.1 Å². The average molecular weight is 471 g/mol. The summed E-state index contributed by atoms with van der Waals surface area (Å²) in [7, 11) is 0. The highest BCUT2D eigenvalue weighted by molar-refractivity contribution is 5.89. The number of esters is 1. The summed E-state index contributed by atoms with van der Waals surface area (Å²) in [6.07, 6.45) is 3.70. The van der Waals surface area contributed by atoms with Crippen LogP contribution in [-0.2, 0) is 16.9 Å². The highest BCUT2D eigenvalue weighted by atomic mass is 19.1. The fourth-order valence-electron chi connectivity index (χ4n) is 4.31. The van der Waals surface area contributed by atoms with Crippen molar-refractivity contribution in [2.45, 2.75) is 44.9 Å². The molecule has 34 heavy (non-hydrogen) atoms. The number of likely N-dealkylation sites (tertiary alicyclic amines) is 1. The van der Waals surface area contributed by atoms with Crippen molar-refractivity contribution >= 4 is 5.97 Å². The highest BCUT2D eigenvalue weighted by Gasteiger charge is 2.37. The number of carbonyl (C=O) groups excluding carboxylic acids is 1. The van der Waals surface area contributed by atoms with Crippen molar-refractivity contribution in [3.63, 3.8) is 0 Å². The maximum absolute atomic E-state index is 14.6. The third-order valence-corrected chi connectivity index (χ3v) is 6.36. The van der Waals surface area contributed by atoms with Gasteiger partial charge in [0.2, 0.25) is 0 Å². The number of aromatic nitrogens is 3. The van der Waals surface area contributed by atoms with Crippen molar-refractivity contribution in [1.29, 1.82) is 0 Å². The summed E-state index contributed by atoms with van der Waals surface area (Å²) >= 11 is 0. The van der Waals surface area contributed by atoms with Crippen LogP contribution < -0.4 is 0 Å². The molecule has 0 saturated carbocycles. The monoisotopic (exact) mass is 470 g/mol. The number of hydrogen-bond donors (Lipinski definition) is 1. The molecule has 1 N–H and O–H groups in total. The van der Waals surface area contributed by atoms with Crippen molar-refractivity contribution in [3.8, 4) is 0 Å². The first-order valence-corrected chi connectivity index (χ1v) is 11.2. The summed E-state index contributed by atoms with van der Waals surface area (Å²) in [6, 6.07) is 8.65. The molecule has 0 amide bonds. The lowest BCUT2D eigenvalue weighted by Gasteiger charge is -2.38. The van der Waals surface area contributed by atoms with E-state index < -0.39 is 17.2 Å². The Hall–Kier alpha value is -3.17. The maximum Gasteiger partial charge on any atom is 0.338 e. The zero-order valence-electron chi connectivity index (χ0n) is 19.2. The fraction of sp³-hybridized carbons (Fsp3) is 0.400. The average Bonchev–Trinajstić information content (AvgIpc) is 3.29. The largest absolute Gasteiger partial charge is 0.459 e. The number of carbonyl (C=O) groups is 1. The van der Waals surface area contributed by atoms with Gasteiger partial charge in [-0.2, -0.15) is 5.10 Å². The lowest BCUT2D eigenvalue weighted by Crippen LogP contribution is -2.48. The van der Waals surface area contributed by atoms with Crippen LogP contribution in [0.1, 0.15) is 39.9 Å². The van der Waals surface area contributed by atoms with E-state index in [4.69, 9.17) is 4.74 Å². The van der Waals surface area contributed by atoms with Gasteiger partial charge in [0.1, 0.15) is 36.0 Å². The minimum Gasteiger partial charge on any atom is -0.459 e.